The number of Topliss-reactive ketones (excluding diaryl/α,β-unsaturated/α-hetero) is 1. The maximum absolute atomic E-state index is 12.2. The average molecular weight is 288 g/mol. The second-order valence-electron chi connectivity index (χ2n) is 5.02. The predicted octanol–water partition coefficient (Wildman–Crippen LogP) is 1.37. The Kier molecular flexibility index (Phi) is 6.65. The zero-order valence-electron chi connectivity index (χ0n) is 12.1. The number of hydrogen-bond donors (Lipinski definition) is 1. The SMILES string of the molecule is CO[C@H](C)[C@H](NC(=O)N1CCSCC1)C(=O)C(C)C. The highest BCUT2D eigenvalue weighted by molar-refractivity contribution is 7.99. The van der Waals surface area contributed by atoms with Gasteiger partial charge in [0, 0.05) is 37.6 Å². The van der Waals surface area contributed by atoms with Crippen molar-refractivity contribution < 1.29 is 14.3 Å². The molecule has 0 radical (unpaired) electrons. The number of nitrogens with zero attached hydrogens (tertiary/aromatic N) is 1. The second kappa shape index (κ2) is 7.75. The van der Waals surface area contributed by atoms with Gasteiger partial charge in [-0.2, -0.15) is 11.8 Å². The Morgan fingerprint density at radius 1 is 1.21 bits per heavy atom. The number of amides is 2. The maximum atomic E-state index is 12.2. The molecule has 2 amide bonds. The van der Waals surface area contributed by atoms with Crippen LogP contribution in [0.5, 0.6) is 0 Å². The van der Waals surface area contributed by atoms with Gasteiger partial charge in [0.05, 0.1) is 6.10 Å². The lowest BCUT2D eigenvalue weighted by molar-refractivity contribution is -0.126. The van der Waals surface area contributed by atoms with Crippen LogP contribution in [-0.4, -0.2) is 60.6 Å². The van der Waals surface area contributed by atoms with Gasteiger partial charge >= 0.3 is 6.03 Å². The fraction of sp³-hybridized carbons (Fsp3) is 0.846. The molecule has 0 bridgehead atoms. The molecule has 0 aromatic rings. The summed E-state index contributed by atoms with van der Waals surface area (Å²) in [6, 6.07) is -0.740. The minimum absolute atomic E-state index is 0.00841. The fourth-order valence-corrected chi connectivity index (χ4v) is 2.81. The van der Waals surface area contributed by atoms with Gasteiger partial charge in [0.25, 0.3) is 0 Å². The third kappa shape index (κ3) is 4.69. The monoisotopic (exact) mass is 288 g/mol. The summed E-state index contributed by atoms with van der Waals surface area (Å²) >= 11 is 1.84. The van der Waals surface area contributed by atoms with Gasteiger partial charge in [-0.1, -0.05) is 13.8 Å². The predicted molar refractivity (Wildman–Crippen MR) is 77.5 cm³/mol. The second-order valence-corrected chi connectivity index (χ2v) is 6.25. The standard InChI is InChI=1S/C13H24N2O3S/c1-9(2)12(16)11(10(3)18-4)14-13(17)15-5-7-19-8-6-15/h9-11H,5-8H2,1-4H3,(H,14,17)/t10-,11+/m1/s1. The van der Waals surface area contributed by atoms with Crippen molar-refractivity contribution >= 4 is 23.6 Å². The molecule has 5 nitrogen and oxygen atoms in total. The Hall–Kier alpha value is -0.750. The highest BCUT2D eigenvalue weighted by Gasteiger charge is 2.30. The van der Waals surface area contributed by atoms with Crippen LogP contribution in [0.25, 0.3) is 0 Å². The van der Waals surface area contributed by atoms with Gasteiger partial charge in [0.1, 0.15) is 6.04 Å². The van der Waals surface area contributed by atoms with Crippen LogP contribution in [0, 0.1) is 5.92 Å². The molecule has 19 heavy (non-hydrogen) atoms. The Bertz CT molecular complexity index is 317. The van der Waals surface area contributed by atoms with Crippen LogP contribution in [0.3, 0.4) is 0 Å². The van der Waals surface area contributed by atoms with Crippen LogP contribution < -0.4 is 5.32 Å². The van der Waals surface area contributed by atoms with Crippen LogP contribution in [0.2, 0.25) is 0 Å². The lowest BCUT2D eigenvalue weighted by Gasteiger charge is -2.30. The number of carbonyl (C=O) groups excluding carboxylic acids is 2. The van der Waals surface area contributed by atoms with E-state index in [-0.39, 0.29) is 23.8 Å². The van der Waals surface area contributed by atoms with Crippen LogP contribution in [-0.2, 0) is 9.53 Å². The van der Waals surface area contributed by atoms with E-state index in [4.69, 9.17) is 4.74 Å². The zero-order chi connectivity index (χ0) is 14.4. The van der Waals surface area contributed by atoms with Crippen molar-refractivity contribution in [2.75, 3.05) is 31.7 Å². The smallest absolute Gasteiger partial charge is 0.318 e. The summed E-state index contributed by atoms with van der Waals surface area (Å²) in [6.07, 6.45) is -0.321. The molecule has 1 aliphatic rings. The van der Waals surface area contributed by atoms with Gasteiger partial charge < -0.3 is 15.0 Å². The molecule has 1 saturated heterocycles. The molecule has 0 aromatic carbocycles. The number of carbonyl (C=O) groups is 2. The van der Waals surface area contributed by atoms with Crippen molar-refractivity contribution in [1.29, 1.82) is 0 Å². The number of ether oxygens (including phenoxy) is 1. The molecule has 0 spiro atoms. The summed E-state index contributed by atoms with van der Waals surface area (Å²) in [6.45, 7) is 6.95. The van der Waals surface area contributed by atoms with E-state index in [1.165, 1.54) is 0 Å². The van der Waals surface area contributed by atoms with Crippen molar-refractivity contribution in [3.8, 4) is 0 Å². The lowest BCUT2D eigenvalue weighted by atomic mass is 9.98. The largest absolute Gasteiger partial charge is 0.379 e. The summed E-state index contributed by atoms with van der Waals surface area (Å²) < 4.78 is 5.21. The molecule has 0 aromatic heterocycles. The third-order valence-corrected chi connectivity index (χ3v) is 4.24. The Labute approximate surface area is 119 Å². The molecular formula is C13H24N2O3S. The number of urea groups is 1. The number of methoxy groups -OCH3 is 1. The first kappa shape index (κ1) is 16.3. The van der Waals surface area contributed by atoms with Crippen LogP contribution in [0.4, 0.5) is 4.79 Å². The van der Waals surface area contributed by atoms with Crippen LogP contribution in [0.15, 0.2) is 0 Å². The highest BCUT2D eigenvalue weighted by Crippen LogP contribution is 2.11. The van der Waals surface area contributed by atoms with E-state index in [0.717, 1.165) is 24.6 Å². The van der Waals surface area contributed by atoms with E-state index < -0.39 is 6.04 Å². The number of hydrogen-bond acceptors (Lipinski definition) is 4. The van der Waals surface area contributed by atoms with Crippen molar-refractivity contribution in [3.63, 3.8) is 0 Å². The average Bonchev–Trinajstić information content (AvgIpc) is 2.43. The molecule has 0 unspecified atom stereocenters. The summed E-state index contributed by atoms with van der Waals surface area (Å²) in [5.74, 6) is 1.79. The minimum Gasteiger partial charge on any atom is -0.379 e. The first-order chi connectivity index (χ1) is 8.97. The summed E-state index contributed by atoms with van der Waals surface area (Å²) in [5.41, 5.74) is 0. The number of rotatable bonds is 5. The third-order valence-electron chi connectivity index (χ3n) is 3.29. The minimum atomic E-state index is -0.577. The van der Waals surface area contributed by atoms with Crippen molar-refractivity contribution in [3.05, 3.63) is 0 Å². The Morgan fingerprint density at radius 3 is 2.26 bits per heavy atom. The Morgan fingerprint density at radius 2 is 1.79 bits per heavy atom. The van der Waals surface area contributed by atoms with Gasteiger partial charge in [0.2, 0.25) is 0 Å². The molecule has 0 aliphatic carbocycles. The summed E-state index contributed by atoms with van der Waals surface area (Å²) in [7, 11) is 1.55. The van der Waals surface area contributed by atoms with Crippen molar-refractivity contribution in [1.82, 2.24) is 10.2 Å². The van der Waals surface area contributed by atoms with Crippen molar-refractivity contribution in [2.24, 2.45) is 5.92 Å². The van der Waals surface area contributed by atoms with Gasteiger partial charge in [-0.15, -0.1) is 0 Å². The summed E-state index contributed by atoms with van der Waals surface area (Å²) in [5, 5.41) is 2.82. The molecule has 0 saturated carbocycles. The molecule has 6 heteroatoms. The van der Waals surface area contributed by atoms with Crippen LogP contribution in [0.1, 0.15) is 20.8 Å². The molecular weight excluding hydrogens is 264 g/mol. The number of ketones is 1. The highest BCUT2D eigenvalue weighted by atomic mass is 32.2. The van der Waals surface area contributed by atoms with E-state index >= 15 is 0 Å². The topological polar surface area (TPSA) is 58.6 Å². The molecule has 2 atom stereocenters. The van der Waals surface area contributed by atoms with E-state index in [1.807, 2.05) is 25.6 Å². The van der Waals surface area contributed by atoms with Gasteiger partial charge in [-0.3, -0.25) is 4.79 Å². The molecule has 1 rings (SSSR count). The quantitative estimate of drug-likeness (QED) is 0.830. The number of nitrogens with one attached hydrogen (secondary N) is 1. The zero-order valence-corrected chi connectivity index (χ0v) is 13.0. The summed E-state index contributed by atoms with van der Waals surface area (Å²) in [4.78, 5) is 26.1. The van der Waals surface area contributed by atoms with E-state index in [0.29, 0.717) is 0 Å². The molecule has 1 aliphatic heterocycles. The molecule has 110 valence electrons. The normalized spacial score (nSPS) is 19.1. The molecule has 1 fully saturated rings. The molecule has 1 heterocycles. The van der Waals surface area contributed by atoms with E-state index in [2.05, 4.69) is 5.32 Å². The van der Waals surface area contributed by atoms with Crippen molar-refractivity contribution in [2.45, 2.75) is 32.9 Å². The first-order valence-corrected chi connectivity index (χ1v) is 7.82. The van der Waals surface area contributed by atoms with E-state index in [1.54, 1.807) is 18.9 Å². The maximum Gasteiger partial charge on any atom is 0.318 e. The van der Waals surface area contributed by atoms with Gasteiger partial charge in [-0.05, 0) is 6.92 Å². The van der Waals surface area contributed by atoms with Gasteiger partial charge in [0.15, 0.2) is 5.78 Å². The van der Waals surface area contributed by atoms with E-state index in [9.17, 15) is 9.59 Å². The lowest BCUT2D eigenvalue weighted by Crippen LogP contribution is -2.55. The molecule has 1 N–H and O–H groups in total. The Balaban J connectivity index is 2.65. The number of thioether (sulfide) groups is 1. The first-order valence-electron chi connectivity index (χ1n) is 6.67. The van der Waals surface area contributed by atoms with Crippen LogP contribution >= 0.6 is 11.8 Å². The fourth-order valence-electron chi connectivity index (χ4n) is 1.91. The van der Waals surface area contributed by atoms with Gasteiger partial charge in [-0.25, -0.2) is 4.79 Å².